The number of hydrogen-bond donors (Lipinski definition) is 0. The smallest absolute Gasteiger partial charge is 0.257 e. The Hall–Kier alpha value is -2.34. The Balaban J connectivity index is 1.41. The van der Waals surface area contributed by atoms with Gasteiger partial charge in [-0.25, -0.2) is 4.98 Å². The lowest BCUT2D eigenvalue weighted by molar-refractivity contribution is 0.160. The lowest BCUT2D eigenvalue weighted by Gasteiger charge is -2.25. The maximum atomic E-state index is 6.20. The number of aryl methyl sites for hydroxylation is 2. The second kappa shape index (κ2) is 7.11. The minimum atomic E-state index is 0.191. The summed E-state index contributed by atoms with van der Waals surface area (Å²) in [5.41, 5.74) is 2.98. The van der Waals surface area contributed by atoms with E-state index in [1.165, 1.54) is 0 Å². The van der Waals surface area contributed by atoms with Crippen molar-refractivity contribution in [3.8, 4) is 17.4 Å². The van der Waals surface area contributed by atoms with Crippen molar-refractivity contribution < 1.29 is 14.2 Å². The Bertz CT molecular complexity index is 776. The highest BCUT2D eigenvalue weighted by Crippen LogP contribution is 2.32. The van der Waals surface area contributed by atoms with Crippen LogP contribution in [0.25, 0.3) is 0 Å². The molecule has 0 spiro atoms. The molecule has 2 aliphatic rings. The van der Waals surface area contributed by atoms with Crippen molar-refractivity contribution in [3.63, 3.8) is 0 Å². The van der Waals surface area contributed by atoms with Crippen LogP contribution in [0.3, 0.4) is 0 Å². The van der Waals surface area contributed by atoms with Crippen LogP contribution in [0.15, 0.2) is 24.3 Å². The van der Waals surface area contributed by atoms with Gasteiger partial charge in [0.2, 0.25) is 0 Å². The van der Waals surface area contributed by atoms with Crippen LogP contribution >= 0.6 is 0 Å². The number of likely N-dealkylation sites (tertiary alicyclic amines) is 1. The maximum Gasteiger partial charge on any atom is 0.257 e. The Labute approximate surface area is 154 Å². The summed E-state index contributed by atoms with van der Waals surface area (Å²) < 4.78 is 17.4. The minimum Gasteiger partial charge on any atom is -0.489 e. The first-order chi connectivity index (χ1) is 12.6. The Morgan fingerprint density at radius 3 is 2.69 bits per heavy atom. The van der Waals surface area contributed by atoms with Crippen LogP contribution in [-0.2, 0) is 0 Å². The van der Waals surface area contributed by atoms with Gasteiger partial charge in [-0.15, -0.1) is 0 Å². The number of pyridine rings is 2. The van der Waals surface area contributed by atoms with E-state index in [2.05, 4.69) is 21.8 Å². The molecule has 6 heteroatoms. The highest BCUT2D eigenvalue weighted by Gasteiger charge is 2.29. The normalized spacial score (nSPS) is 20.8. The van der Waals surface area contributed by atoms with Gasteiger partial charge in [-0.3, -0.25) is 9.88 Å². The van der Waals surface area contributed by atoms with Gasteiger partial charge in [-0.1, -0.05) is 0 Å². The quantitative estimate of drug-likeness (QED) is 0.840. The number of ether oxygens (including phenoxy) is 3. The monoisotopic (exact) mass is 355 g/mol. The largest absolute Gasteiger partial charge is 0.489 e. The van der Waals surface area contributed by atoms with Gasteiger partial charge in [-0.2, -0.15) is 0 Å². The molecule has 6 nitrogen and oxygen atoms in total. The summed E-state index contributed by atoms with van der Waals surface area (Å²) in [7, 11) is 0. The zero-order valence-corrected chi connectivity index (χ0v) is 15.6. The molecule has 0 N–H and O–H groups in total. The third kappa shape index (κ3) is 3.60. The number of aromatic nitrogens is 2. The molecule has 4 rings (SSSR count). The van der Waals surface area contributed by atoms with Crippen molar-refractivity contribution in [3.05, 3.63) is 41.3 Å². The number of rotatable bonds is 4. The summed E-state index contributed by atoms with van der Waals surface area (Å²) in [4.78, 5) is 11.5. The maximum absolute atomic E-state index is 6.20. The second-order valence-corrected chi connectivity index (χ2v) is 7.02. The second-order valence-electron chi connectivity index (χ2n) is 7.02. The van der Waals surface area contributed by atoms with Crippen molar-refractivity contribution in [1.82, 2.24) is 14.9 Å². The Morgan fingerprint density at radius 2 is 1.88 bits per heavy atom. The third-order valence-electron chi connectivity index (χ3n) is 4.94. The first-order valence-corrected chi connectivity index (χ1v) is 9.21. The topological polar surface area (TPSA) is 56.7 Å². The summed E-state index contributed by atoms with van der Waals surface area (Å²) >= 11 is 0. The van der Waals surface area contributed by atoms with Crippen molar-refractivity contribution >= 4 is 0 Å². The number of nitrogens with zero attached hydrogens (tertiary/aromatic N) is 3. The number of fused-ring (bicyclic) bond motifs is 1. The van der Waals surface area contributed by atoms with Gasteiger partial charge in [-0.05, 0) is 39.3 Å². The van der Waals surface area contributed by atoms with Crippen molar-refractivity contribution in [1.29, 1.82) is 0 Å². The fourth-order valence-electron chi connectivity index (χ4n) is 3.62. The van der Waals surface area contributed by atoms with E-state index in [1.807, 2.05) is 38.1 Å². The van der Waals surface area contributed by atoms with E-state index in [0.717, 1.165) is 48.1 Å². The van der Waals surface area contributed by atoms with Crippen LogP contribution in [0.2, 0.25) is 0 Å². The highest BCUT2D eigenvalue weighted by atomic mass is 16.6. The van der Waals surface area contributed by atoms with Gasteiger partial charge >= 0.3 is 0 Å². The molecule has 1 saturated heterocycles. The van der Waals surface area contributed by atoms with E-state index in [4.69, 9.17) is 14.2 Å². The number of hydrogen-bond acceptors (Lipinski definition) is 6. The highest BCUT2D eigenvalue weighted by molar-refractivity contribution is 5.36. The molecule has 0 aromatic carbocycles. The molecular weight excluding hydrogens is 330 g/mol. The molecule has 0 amide bonds. The summed E-state index contributed by atoms with van der Waals surface area (Å²) in [5.74, 6) is 2.25. The standard InChI is InChI=1S/C20H25N3O3/c1-13-10-17(11-14(2)21-13)26-16-6-7-23(12-16)15(3)18-4-5-19-20(22-18)25-9-8-24-19/h4-5,10-11,15-16H,6-9,12H2,1-3H3/t15-,16+/m1/s1. The van der Waals surface area contributed by atoms with E-state index in [0.29, 0.717) is 19.1 Å². The predicted molar refractivity (Wildman–Crippen MR) is 98.0 cm³/mol. The Kier molecular flexibility index (Phi) is 4.68. The van der Waals surface area contributed by atoms with Crippen LogP contribution in [-0.4, -0.2) is 47.3 Å². The summed E-state index contributed by atoms with van der Waals surface area (Å²) in [5, 5.41) is 0. The Morgan fingerprint density at radius 1 is 1.12 bits per heavy atom. The fraction of sp³-hybridized carbons (Fsp3) is 0.500. The molecule has 0 unspecified atom stereocenters. The SMILES string of the molecule is Cc1cc(O[C@H]2CCN([C@H](C)c3ccc4c(n3)OCCO4)C2)cc(C)n1. The van der Waals surface area contributed by atoms with Crippen LogP contribution in [0.4, 0.5) is 0 Å². The van der Waals surface area contributed by atoms with E-state index in [-0.39, 0.29) is 12.1 Å². The lowest BCUT2D eigenvalue weighted by Crippen LogP contribution is -2.28. The van der Waals surface area contributed by atoms with Crippen molar-refractivity contribution in [2.75, 3.05) is 26.3 Å². The van der Waals surface area contributed by atoms with Crippen LogP contribution in [0.5, 0.6) is 17.4 Å². The fourth-order valence-corrected chi connectivity index (χ4v) is 3.62. The van der Waals surface area contributed by atoms with Crippen LogP contribution in [0, 0.1) is 13.8 Å². The first kappa shape index (κ1) is 17.1. The van der Waals surface area contributed by atoms with Crippen LogP contribution < -0.4 is 14.2 Å². The van der Waals surface area contributed by atoms with Crippen molar-refractivity contribution in [2.24, 2.45) is 0 Å². The molecule has 0 radical (unpaired) electrons. The van der Waals surface area contributed by atoms with Gasteiger partial charge in [0.25, 0.3) is 5.88 Å². The van der Waals surface area contributed by atoms with Gasteiger partial charge < -0.3 is 14.2 Å². The van der Waals surface area contributed by atoms with Gasteiger partial charge in [0.15, 0.2) is 5.75 Å². The third-order valence-corrected chi connectivity index (χ3v) is 4.94. The molecule has 2 aromatic heterocycles. The van der Waals surface area contributed by atoms with E-state index in [9.17, 15) is 0 Å². The van der Waals surface area contributed by atoms with E-state index in [1.54, 1.807) is 0 Å². The van der Waals surface area contributed by atoms with Gasteiger partial charge in [0.05, 0.1) is 5.69 Å². The molecule has 2 atom stereocenters. The molecule has 1 fully saturated rings. The summed E-state index contributed by atoms with van der Waals surface area (Å²) in [6.07, 6.45) is 1.20. The molecular formula is C20H25N3O3. The lowest BCUT2D eigenvalue weighted by atomic mass is 10.2. The predicted octanol–water partition coefficient (Wildman–Crippen LogP) is 3.08. The first-order valence-electron chi connectivity index (χ1n) is 9.21. The molecule has 4 heterocycles. The molecule has 0 bridgehead atoms. The zero-order valence-electron chi connectivity index (χ0n) is 15.6. The molecule has 2 aliphatic heterocycles. The van der Waals surface area contributed by atoms with E-state index >= 15 is 0 Å². The molecule has 26 heavy (non-hydrogen) atoms. The van der Waals surface area contributed by atoms with Gasteiger partial charge in [0, 0.05) is 42.7 Å². The minimum absolute atomic E-state index is 0.191. The molecule has 138 valence electrons. The van der Waals surface area contributed by atoms with Crippen LogP contribution in [0.1, 0.15) is 36.5 Å². The summed E-state index contributed by atoms with van der Waals surface area (Å²) in [6.45, 7) is 9.20. The molecule has 2 aromatic rings. The van der Waals surface area contributed by atoms with Crippen molar-refractivity contribution in [2.45, 2.75) is 39.3 Å². The van der Waals surface area contributed by atoms with Gasteiger partial charge in [0.1, 0.15) is 25.1 Å². The summed E-state index contributed by atoms with van der Waals surface area (Å²) in [6, 6.07) is 8.20. The molecule has 0 aliphatic carbocycles. The zero-order chi connectivity index (χ0) is 18.1. The van der Waals surface area contributed by atoms with E-state index < -0.39 is 0 Å². The average molecular weight is 355 g/mol. The average Bonchev–Trinajstić information content (AvgIpc) is 3.08. The molecule has 0 saturated carbocycles.